The number of nitrogens with zero attached hydrogens (tertiary/aromatic N) is 4. The van der Waals surface area contributed by atoms with E-state index in [0.29, 0.717) is 11.9 Å². The molecule has 1 aliphatic heterocycles. The fraction of sp³-hybridized carbons (Fsp3) is 0.588. The molecular weight excluding hydrogens is 308 g/mol. The van der Waals surface area contributed by atoms with Crippen molar-refractivity contribution in [2.24, 2.45) is 0 Å². The van der Waals surface area contributed by atoms with Crippen molar-refractivity contribution in [1.29, 1.82) is 0 Å². The summed E-state index contributed by atoms with van der Waals surface area (Å²) in [7, 11) is 0. The first-order chi connectivity index (χ1) is 11.3. The summed E-state index contributed by atoms with van der Waals surface area (Å²) in [4.78, 5) is 18.5. The highest BCUT2D eigenvalue weighted by molar-refractivity contribution is 7.10. The smallest absolute Gasteiger partial charge is 0.234 e. The van der Waals surface area contributed by atoms with E-state index < -0.39 is 0 Å². The molecule has 0 bridgehead atoms. The predicted octanol–water partition coefficient (Wildman–Crippen LogP) is 3.02. The molecule has 1 aliphatic carbocycles. The van der Waals surface area contributed by atoms with Crippen LogP contribution >= 0.6 is 11.3 Å². The van der Waals surface area contributed by atoms with E-state index >= 15 is 0 Å². The van der Waals surface area contributed by atoms with Gasteiger partial charge in [-0.2, -0.15) is 15.0 Å². The van der Waals surface area contributed by atoms with Crippen LogP contribution < -0.4 is 0 Å². The maximum absolute atomic E-state index is 13.3. The predicted molar refractivity (Wildman–Crippen MR) is 89.3 cm³/mol. The lowest BCUT2D eigenvalue weighted by Gasteiger charge is -2.38. The first-order valence-corrected chi connectivity index (χ1v) is 9.37. The lowest BCUT2D eigenvalue weighted by Crippen LogP contribution is -2.48. The van der Waals surface area contributed by atoms with Crippen LogP contribution in [0.3, 0.4) is 0 Å². The molecule has 2 aromatic rings. The van der Waals surface area contributed by atoms with Gasteiger partial charge in [0.15, 0.2) is 0 Å². The van der Waals surface area contributed by atoms with Gasteiger partial charge in [-0.05, 0) is 37.1 Å². The number of piperidine rings is 1. The van der Waals surface area contributed by atoms with Crippen molar-refractivity contribution >= 4 is 17.2 Å². The summed E-state index contributed by atoms with van der Waals surface area (Å²) >= 11 is 1.74. The van der Waals surface area contributed by atoms with Gasteiger partial charge in [-0.25, -0.2) is 0 Å². The summed E-state index contributed by atoms with van der Waals surface area (Å²) in [6.45, 7) is 1.64. The molecule has 2 aromatic heterocycles. The van der Waals surface area contributed by atoms with Gasteiger partial charge in [0.2, 0.25) is 5.91 Å². The van der Waals surface area contributed by atoms with Crippen molar-refractivity contribution in [2.45, 2.75) is 50.0 Å². The maximum atomic E-state index is 13.3. The zero-order valence-electron chi connectivity index (χ0n) is 13.2. The number of rotatable bonds is 3. The van der Waals surface area contributed by atoms with E-state index in [1.165, 1.54) is 4.88 Å². The SMILES string of the molecule is O=C(N1CCC(n2nccn2)CC1)C1(c2cccs2)CCCC1. The molecule has 2 aliphatic rings. The highest BCUT2D eigenvalue weighted by Crippen LogP contribution is 2.45. The zero-order chi connectivity index (χ0) is 15.7. The molecule has 23 heavy (non-hydrogen) atoms. The summed E-state index contributed by atoms with van der Waals surface area (Å²) in [6.07, 6.45) is 9.68. The van der Waals surface area contributed by atoms with Crippen molar-refractivity contribution in [3.63, 3.8) is 0 Å². The van der Waals surface area contributed by atoms with E-state index in [1.807, 2.05) is 0 Å². The molecule has 5 nitrogen and oxygen atoms in total. The highest BCUT2D eigenvalue weighted by Gasteiger charge is 2.46. The van der Waals surface area contributed by atoms with Crippen molar-refractivity contribution in [3.8, 4) is 0 Å². The van der Waals surface area contributed by atoms with Crippen LogP contribution in [0.1, 0.15) is 49.4 Å². The Kier molecular flexibility index (Phi) is 3.93. The Morgan fingerprint density at radius 1 is 1.17 bits per heavy atom. The summed E-state index contributed by atoms with van der Waals surface area (Å²) < 4.78 is 0. The monoisotopic (exact) mass is 330 g/mol. The molecule has 0 spiro atoms. The van der Waals surface area contributed by atoms with E-state index in [1.54, 1.807) is 28.5 Å². The van der Waals surface area contributed by atoms with Gasteiger partial charge in [-0.3, -0.25) is 4.79 Å². The number of thiophene rings is 1. The van der Waals surface area contributed by atoms with Crippen molar-refractivity contribution in [2.75, 3.05) is 13.1 Å². The Morgan fingerprint density at radius 2 is 1.87 bits per heavy atom. The lowest BCUT2D eigenvalue weighted by atomic mass is 9.82. The fourth-order valence-electron chi connectivity index (χ4n) is 4.11. The number of hydrogen-bond acceptors (Lipinski definition) is 4. The zero-order valence-corrected chi connectivity index (χ0v) is 14.0. The van der Waals surface area contributed by atoms with Crippen LogP contribution in [0.4, 0.5) is 0 Å². The van der Waals surface area contributed by atoms with Gasteiger partial charge in [0.1, 0.15) is 0 Å². The third-order valence-electron chi connectivity index (χ3n) is 5.37. The largest absolute Gasteiger partial charge is 0.342 e. The van der Waals surface area contributed by atoms with E-state index in [-0.39, 0.29) is 5.41 Å². The van der Waals surface area contributed by atoms with Crippen LogP contribution in [-0.4, -0.2) is 38.9 Å². The van der Waals surface area contributed by atoms with Gasteiger partial charge in [-0.1, -0.05) is 18.9 Å². The first-order valence-electron chi connectivity index (χ1n) is 8.49. The molecule has 1 amide bonds. The molecule has 2 fully saturated rings. The highest BCUT2D eigenvalue weighted by atomic mass is 32.1. The van der Waals surface area contributed by atoms with Crippen LogP contribution in [0.25, 0.3) is 0 Å². The number of carbonyl (C=O) groups excluding carboxylic acids is 1. The van der Waals surface area contributed by atoms with E-state index in [9.17, 15) is 4.79 Å². The average Bonchev–Trinajstić information content (AvgIpc) is 3.36. The molecule has 122 valence electrons. The molecule has 6 heteroatoms. The Balaban J connectivity index is 1.49. The van der Waals surface area contributed by atoms with Gasteiger partial charge in [0.25, 0.3) is 0 Å². The quantitative estimate of drug-likeness (QED) is 0.869. The van der Waals surface area contributed by atoms with Crippen LogP contribution in [0.15, 0.2) is 29.9 Å². The molecule has 0 unspecified atom stereocenters. The number of amides is 1. The van der Waals surface area contributed by atoms with Gasteiger partial charge in [0, 0.05) is 18.0 Å². The summed E-state index contributed by atoms with van der Waals surface area (Å²) in [5, 5.41) is 10.6. The summed E-state index contributed by atoms with van der Waals surface area (Å²) in [5.41, 5.74) is -0.245. The van der Waals surface area contributed by atoms with E-state index in [2.05, 4.69) is 32.6 Å². The molecule has 0 radical (unpaired) electrons. The molecular formula is C17H22N4OS. The second-order valence-electron chi connectivity index (χ2n) is 6.64. The molecule has 0 atom stereocenters. The number of hydrogen-bond donors (Lipinski definition) is 0. The molecule has 3 heterocycles. The Labute approximate surface area is 140 Å². The van der Waals surface area contributed by atoms with Crippen molar-refractivity contribution < 1.29 is 4.79 Å². The standard InChI is InChI=1S/C17H22N4OS/c22-16(17(7-1-2-8-17)15-4-3-13-23-15)20-11-5-14(6-12-20)21-18-9-10-19-21/h3-4,9-10,13-14H,1-2,5-8,11-12H2. The third kappa shape index (κ3) is 2.59. The minimum Gasteiger partial charge on any atom is -0.342 e. The number of aromatic nitrogens is 3. The van der Waals surface area contributed by atoms with E-state index in [4.69, 9.17) is 0 Å². The van der Waals surface area contributed by atoms with Gasteiger partial charge in [0.05, 0.1) is 23.9 Å². The number of likely N-dealkylation sites (tertiary alicyclic amines) is 1. The molecule has 0 N–H and O–H groups in total. The minimum absolute atomic E-state index is 0.245. The van der Waals surface area contributed by atoms with Crippen molar-refractivity contribution in [1.82, 2.24) is 19.9 Å². The molecule has 1 saturated heterocycles. The molecule has 1 saturated carbocycles. The van der Waals surface area contributed by atoms with Gasteiger partial charge >= 0.3 is 0 Å². The topological polar surface area (TPSA) is 51.0 Å². The van der Waals surface area contributed by atoms with Crippen LogP contribution in [-0.2, 0) is 10.2 Å². The number of carbonyl (C=O) groups is 1. The lowest BCUT2D eigenvalue weighted by molar-refractivity contribution is -0.138. The maximum Gasteiger partial charge on any atom is 0.234 e. The first kappa shape index (κ1) is 14.9. The van der Waals surface area contributed by atoms with Crippen LogP contribution in [0.2, 0.25) is 0 Å². The Bertz CT molecular complexity index is 638. The van der Waals surface area contributed by atoms with Crippen LogP contribution in [0, 0.1) is 0 Å². The Hall–Kier alpha value is -1.69. The average molecular weight is 330 g/mol. The molecule has 0 aromatic carbocycles. The second-order valence-corrected chi connectivity index (χ2v) is 7.59. The molecule has 4 rings (SSSR count). The summed E-state index contributed by atoms with van der Waals surface area (Å²) in [6, 6.07) is 4.55. The second kappa shape index (κ2) is 6.07. The van der Waals surface area contributed by atoms with E-state index in [0.717, 1.165) is 51.6 Å². The normalized spacial score (nSPS) is 21.7. The van der Waals surface area contributed by atoms with Crippen LogP contribution in [0.5, 0.6) is 0 Å². The Morgan fingerprint density at radius 3 is 2.48 bits per heavy atom. The van der Waals surface area contributed by atoms with Gasteiger partial charge < -0.3 is 4.90 Å². The van der Waals surface area contributed by atoms with Crippen molar-refractivity contribution in [3.05, 3.63) is 34.8 Å². The minimum atomic E-state index is -0.245. The summed E-state index contributed by atoms with van der Waals surface area (Å²) in [5.74, 6) is 0.351. The third-order valence-corrected chi connectivity index (χ3v) is 6.45. The fourth-order valence-corrected chi connectivity index (χ4v) is 5.09. The van der Waals surface area contributed by atoms with Gasteiger partial charge in [-0.15, -0.1) is 11.3 Å².